The summed E-state index contributed by atoms with van der Waals surface area (Å²) < 4.78 is 5.21. The molecule has 0 unspecified atom stereocenters. The third kappa shape index (κ3) is 3.56. The van der Waals surface area contributed by atoms with Gasteiger partial charge in [0.1, 0.15) is 10.6 Å². The maximum absolute atomic E-state index is 12.8. The van der Waals surface area contributed by atoms with Crippen LogP contribution in [0.3, 0.4) is 0 Å². The maximum Gasteiger partial charge on any atom is 0.266 e. The molecule has 3 aromatic rings. The molecule has 0 saturated carbocycles. The van der Waals surface area contributed by atoms with E-state index in [1.54, 1.807) is 11.7 Å². The van der Waals surface area contributed by atoms with Crippen molar-refractivity contribution in [2.45, 2.75) is 52.5 Å². The fraction of sp³-hybridized carbons (Fsp3) is 0.450. The fourth-order valence-corrected chi connectivity index (χ4v) is 4.57. The molecule has 1 fully saturated rings. The van der Waals surface area contributed by atoms with Crippen LogP contribution in [0, 0.1) is 20.8 Å². The van der Waals surface area contributed by atoms with E-state index in [-0.39, 0.29) is 11.9 Å². The van der Waals surface area contributed by atoms with Crippen molar-refractivity contribution in [3.05, 3.63) is 45.6 Å². The molecular weight excluding hydrogens is 374 g/mol. The minimum atomic E-state index is 0.113. The molecule has 0 N–H and O–H groups in total. The van der Waals surface area contributed by atoms with E-state index < -0.39 is 0 Å². The van der Waals surface area contributed by atoms with Crippen LogP contribution in [-0.4, -0.2) is 43.5 Å². The van der Waals surface area contributed by atoms with E-state index in [9.17, 15) is 4.79 Å². The molecule has 1 saturated heterocycles. The lowest BCUT2D eigenvalue weighted by Crippen LogP contribution is -2.35. The van der Waals surface area contributed by atoms with Gasteiger partial charge in [-0.25, -0.2) is 4.98 Å². The van der Waals surface area contributed by atoms with E-state index >= 15 is 0 Å². The van der Waals surface area contributed by atoms with Crippen LogP contribution in [0.5, 0.6) is 0 Å². The third-order valence-corrected chi connectivity index (χ3v) is 6.22. The number of rotatable bonds is 5. The summed E-state index contributed by atoms with van der Waals surface area (Å²) in [6, 6.07) is 0.248. The number of amides is 1. The van der Waals surface area contributed by atoms with E-state index in [0.29, 0.717) is 0 Å². The summed E-state index contributed by atoms with van der Waals surface area (Å²) >= 11 is 1.43. The first kappa shape index (κ1) is 18.7. The summed E-state index contributed by atoms with van der Waals surface area (Å²) in [6.07, 6.45) is 7.36. The SMILES string of the molecule is Cc1ncsc1C(=O)N1CCC[C@@H]1CCc1cnc(-c2c(C)noc2C)cn1. The number of likely N-dealkylation sites (tertiary alicyclic amines) is 1. The lowest BCUT2D eigenvalue weighted by Gasteiger charge is -2.24. The number of nitrogens with zero attached hydrogens (tertiary/aromatic N) is 5. The largest absolute Gasteiger partial charge is 0.361 e. The molecule has 0 bridgehead atoms. The first-order chi connectivity index (χ1) is 13.5. The highest BCUT2D eigenvalue weighted by Gasteiger charge is 2.30. The molecule has 4 rings (SSSR count). The molecule has 0 aliphatic carbocycles. The van der Waals surface area contributed by atoms with Crippen LogP contribution >= 0.6 is 11.3 Å². The minimum absolute atomic E-state index is 0.113. The Morgan fingerprint density at radius 1 is 1.21 bits per heavy atom. The van der Waals surface area contributed by atoms with Crippen LogP contribution in [0.1, 0.15) is 51.8 Å². The van der Waals surface area contributed by atoms with Crippen molar-refractivity contribution in [2.24, 2.45) is 0 Å². The highest BCUT2D eigenvalue weighted by atomic mass is 32.1. The Bertz CT molecular complexity index is 959. The molecule has 1 aliphatic heterocycles. The maximum atomic E-state index is 12.8. The van der Waals surface area contributed by atoms with Crippen LogP contribution in [-0.2, 0) is 6.42 Å². The summed E-state index contributed by atoms with van der Waals surface area (Å²) in [5, 5.41) is 3.97. The quantitative estimate of drug-likeness (QED) is 0.652. The Morgan fingerprint density at radius 2 is 2.07 bits per heavy atom. The molecule has 3 aromatic heterocycles. The van der Waals surface area contributed by atoms with Gasteiger partial charge < -0.3 is 9.42 Å². The zero-order valence-electron chi connectivity index (χ0n) is 16.3. The normalized spacial score (nSPS) is 16.7. The Morgan fingerprint density at radius 3 is 2.71 bits per heavy atom. The third-order valence-electron chi connectivity index (χ3n) is 5.31. The van der Waals surface area contributed by atoms with Crippen molar-refractivity contribution in [1.29, 1.82) is 0 Å². The van der Waals surface area contributed by atoms with Gasteiger partial charge in [0, 0.05) is 18.8 Å². The fourth-order valence-electron chi connectivity index (χ4n) is 3.82. The molecule has 1 amide bonds. The lowest BCUT2D eigenvalue weighted by atomic mass is 10.1. The number of carbonyl (C=O) groups excluding carboxylic acids is 1. The van der Waals surface area contributed by atoms with Crippen molar-refractivity contribution in [2.75, 3.05) is 6.54 Å². The van der Waals surface area contributed by atoms with Crippen molar-refractivity contribution >= 4 is 17.2 Å². The number of aromatic nitrogens is 4. The summed E-state index contributed by atoms with van der Waals surface area (Å²) in [7, 11) is 0. The van der Waals surface area contributed by atoms with E-state index in [0.717, 1.165) is 71.2 Å². The van der Waals surface area contributed by atoms with Gasteiger partial charge in [-0.05, 0) is 46.5 Å². The van der Waals surface area contributed by atoms with Gasteiger partial charge >= 0.3 is 0 Å². The highest BCUT2D eigenvalue weighted by Crippen LogP contribution is 2.27. The Balaban J connectivity index is 1.41. The Labute approximate surface area is 167 Å². The predicted octanol–water partition coefficient (Wildman–Crippen LogP) is 3.75. The Kier molecular flexibility index (Phi) is 5.21. The molecule has 146 valence electrons. The van der Waals surface area contributed by atoms with Gasteiger partial charge in [-0.2, -0.15) is 0 Å². The van der Waals surface area contributed by atoms with Crippen LogP contribution in [0.2, 0.25) is 0 Å². The summed E-state index contributed by atoms with van der Waals surface area (Å²) in [4.78, 5) is 28.9. The van der Waals surface area contributed by atoms with E-state index in [1.807, 2.05) is 31.9 Å². The number of hydrogen-bond acceptors (Lipinski definition) is 7. The van der Waals surface area contributed by atoms with E-state index in [1.165, 1.54) is 11.3 Å². The molecule has 0 aromatic carbocycles. The Hall–Kier alpha value is -2.61. The molecule has 7 nitrogen and oxygen atoms in total. The molecule has 8 heteroatoms. The first-order valence-electron chi connectivity index (χ1n) is 9.50. The lowest BCUT2D eigenvalue weighted by molar-refractivity contribution is 0.0734. The number of hydrogen-bond donors (Lipinski definition) is 0. The molecular formula is C20H23N5O2S. The van der Waals surface area contributed by atoms with Crippen LogP contribution < -0.4 is 0 Å². The van der Waals surface area contributed by atoms with E-state index in [4.69, 9.17) is 4.52 Å². The number of aryl methyl sites for hydroxylation is 4. The summed E-state index contributed by atoms with van der Waals surface area (Å²) in [5.74, 6) is 0.861. The molecule has 1 aliphatic rings. The second-order valence-corrected chi connectivity index (χ2v) is 8.05. The topological polar surface area (TPSA) is 85.0 Å². The monoisotopic (exact) mass is 397 g/mol. The van der Waals surface area contributed by atoms with Gasteiger partial charge in [-0.1, -0.05) is 5.16 Å². The van der Waals surface area contributed by atoms with Gasteiger partial charge in [-0.3, -0.25) is 14.8 Å². The van der Waals surface area contributed by atoms with Crippen molar-refractivity contribution < 1.29 is 9.32 Å². The van der Waals surface area contributed by atoms with Crippen molar-refractivity contribution in [1.82, 2.24) is 25.0 Å². The molecule has 1 atom stereocenters. The first-order valence-corrected chi connectivity index (χ1v) is 10.4. The predicted molar refractivity (Wildman–Crippen MR) is 106 cm³/mol. The van der Waals surface area contributed by atoms with Gasteiger partial charge in [0.05, 0.1) is 40.0 Å². The highest BCUT2D eigenvalue weighted by molar-refractivity contribution is 7.11. The average Bonchev–Trinajstić information content (AvgIpc) is 3.41. The van der Waals surface area contributed by atoms with Gasteiger partial charge in [0.2, 0.25) is 0 Å². The second kappa shape index (κ2) is 7.79. The van der Waals surface area contributed by atoms with Gasteiger partial charge in [0.15, 0.2) is 0 Å². The van der Waals surface area contributed by atoms with Crippen LogP contribution in [0.4, 0.5) is 0 Å². The summed E-state index contributed by atoms with van der Waals surface area (Å²) in [5.41, 5.74) is 6.00. The standard InChI is InChI=1S/C20H23N5O2S/c1-12-18(14(3)27-24-12)17-10-21-15(9-22-17)6-7-16-5-4-8-25(16)20(26)19-13(2)23-11-28-19/h9-11,16H,4-8H2,1-3H3/t16-/m1/s1. The number of carbonyl (C=O) groups is 1. The number of thiazole rings is 1. The van der Waals surface area contributed by atoms with E-state index in [2.05, 4.69) is 20.1 Å². The summed E-state index contributed by atoms with van der Waals surface area (Å²) in [6.45, 7) is 6.49. The van der Waals surface area contributed by atoms with Crippen LogP contribution in [0.25, 0.3) is 11.3 Å². The zero-order valence-corrected chi connectivity index (χ0v) is 17.1. The van der Waals surface area contributed by atoms with Crippen LogP contribution in [0.15, 0.2) is 22.4 Å². The molecule has 0 radical (unpaired) electrons. The minimum Gasteiger partial charge on any atom is -0.361 e. The van der Waals surface area contributed by atoms with Crippen molar-refractivity contribution in [3.8, 4) is 11.3 Å². The molecule has 28 heavy (non-hydrogen) atoms. The average molecular weight is 398 g/mol. The van der Waals surface area contributed by atoms with Gasteiger partial charge in [0.25, 0.3) is 5.91 Å². The molecule has 0 spiro atoms. The smallest absolute Gasteiger partial charge is 0.266 e. The van der Waals surface area contributed by atoms with Gasteiger partial charge in [-0.15, -0.1) is 11.3 Å². The van der Waals surface area contributed by atoms with Crippen molar-refractivity contribution in [3.63, 3.8) is 0 Å². The zero-order chi connectivity index (χ0) is 19.7. The second-order valence-electron chi connectivity index (χ2n) is 7.19. The molecule has 4 heterocycles.